The van der Waals surface area contributed by atoms with Crippen molar-refractivity contribution in [3.8, 4) is 0 Å². The quantitative estimate of drug-likeness (QED) is 0.905. The Morgan fingerprint density at radius 2 is 1.50 bits per heavy atom. The first kappa shape index (κ1) is 16.8. The van der Waals surface area contributed by atoms with Crippen LogP contribution in [0.4, 0.5) is 10.5 Å². The van der Waals surface area contributed by atoms with Gasteiger partial charge in [0.25, 0.3) is 0 Å². The molecule has 5 heteroatoms. The Morgan fingerprint density at radius 1 is 0.833 bits per heavy atom. The first-order valence-electron chi connectivity index (χ1n) is 9.14. The van der Waals surface area contributed by atoms with Gasteiger partial charge in [0.15, 0.2) is 0 Å². The van der Waals surface area contributed by atoms with E-state index < -0.39 is 0 Å². The molecule has 1 heterocycles. The molecule has 1 aromatic carbocycles. The smallest absolute Gasteiger partial charge is 0.321 e. The highest BCUT2D eigenvalue weighted by molar-refractivity contribution is 5.89. The molecule has 1 N–H and O–H groups in total. The predicted octanol–water partition coefficient (Wildman–Crippen LogP) is 3.33. The van der Waals surface area contributed by atoms with E-state index in [1.807, 2.05) is 40.1 Å². The molecule has 1 saturated heterocycles. The van der Waals surface area contributed by atoms with Crippen molar-refractivity contribution in [2.75, 3.05) is 31.5 Å². The van der Waals surface area contributed by atoms with Crippen LogP contribution in [-0.4, -0.2) is 47.9 Å². The van der Waals surface area contributed by atoms with Gasteiger partial charge < -0.3 is 15.1 Å². The van der Waals surface area contributed by atoms with Gasteiger partial charge in [0.1, 0.15) is 0 Å². The molecule has 2 aliphatic rings. The normalized spacial score (nSPS) is 19.7. The number of para-hydroxylation sites is 1. The summed E-state index contributed by atoms with van der Waals surface area (Å²) in [6.45, 7) is 2.73. The molecule has 130 valence electrons. The second-order valence-electron chi connectivity index (χ2n) is 6.80. The van der Waals surface area contributed by atoms with Gasteiger partial charge in [0.2, 0.25) is 5.91 Å². The van der Waals surface area contributed by atoms with Gasteiger partial charge in [-0.15, -0.1) is 0 Å². The van der Waals surface area contributed by atoms with Crippen LogP contribution < -0.4 is 5.32 Å². The number of nitrogens with zero attached hydrogens (tertiary/aromatic N) is 2. The van der Waals surface area contributed by atoms with E-state index in [2.05, 4.69) is 5.32 Å². The van der Waals surface area contributed by atoms with Crippen molar-refractivity contribution in [2.45, 2.75) is 38.5 Å². The van der Waals surface area contributed by atoms with Crippen molar-refractivity contribution in [1.82, 2.24) is 9.80 Å². The number of hydrogen-bond donors (Lipinski definition) is 1. The third-order valence-electron chi connectivity index (χ3n) is 5.07. The van der Waals surface area contributed by atoms with Crippen molar-refractivity contribution in [2.24, 2.45) is 5.92 Å². The molecule has 2 fully saturated rings. The molecular formula is C19H27N3O2. The Balaban J connectivity index is 1.52. The summed E-state index contributed by atoms with van der Waals surface area (Å²) in [5.41, 5.74) is 0.807. The number of amides is 3. The summed E-state index contributed by atoms with van der Waals surface area (Å²) in [7, 11) is 0. The number of carbonyl (C=O) groups excluding carboxylic acids is 2. The predicted molar refractivity (Wildman–Crippen MR) is 94.8 cm³/mol. The van der Waals surface area contributed by atoms with Gasteiger partial charge >= 0.3 is 6.03 Å². The van der Waals surface area contributed by atoms with E-state index in [-0.39, 0.29) is 11.9 Å². The Morgan fingerprint density at radius 3 is 2.25 bits per heavy atom. The summed E-state index contributed by atoms with van der Waals surface area (Å²) in [5, 5.41) is 2.93. The lowest BCUT2D eigenvalue weighted by molar-refractivity contribution is -0.136. The first-order chi connectivity index (χ1) is 11.7. The van der Waals surface area contributed by atoms with Crippen molar-refractivity contribution in [3.63, 3.8) is 0 Å². The zero-order chi connectivity index (χ0) is 16.8. The molecule has 1 aromatic rings. The minimum absolute atomic E-state index is 0.0758. The molecule has 0 unspecified atom stereocenters. The number of anilines is 1. The average Bonchev–Trinajstić information content (AvgIpc) is 2.89. The Bertz CT molecular complexity index is 555. The summed E-state index contributed by atoms with van der Waals surface area (Å²) >= 11 is 0. The van der Waals surface area contributed by atoms with Crippen LogP contribution in [0.5, 0.6) is 0 Å². The summed E-state index contributed by atoms with van der Waals surface area (Å²) in [5.74, 6) is 0.517. The molecule has 0 aromatic heterocycles. The van der Waals surface area contributed by atoms with Gasteiger partial charge in [0.05, 0.1) is 0 Å². The highest BCUT2D eigenvalue weighted by Crippen LogP contribution is 2.25. The third kappa shape index (κ3) is 4.28. The lowest BCUT2D eigenvalue weighted by atomic mass is 9.88. The molecule has 1 saturated carbocycles. The lowest BCUT2D eigenvalue weighted by Crippen LogP contribution is -2.41. The van der Waals surface area contributed by atoms with Crippen LogP contribution in [0.2, 0.25) is 0 Å². The van der Waals surface area contributed by atoms with Gasteiger partial charge in [-0.1, -0.05) is 37.5 Å². The molecule has 5 nitrogen and oxygen atoms in total. The SMILES string of the molecule is O=C(Nc1ccccc1)N1CCCN(C(=O)C2CCCCC2)CC1. The highest BCUT2D eigenvalue weighted by Gasteiger charge is 2.28. The molecule has 1 aliphatic heterocycles. The third-order valence-corrected chi connectivity index (χ3v) is 5.07. The number of hydrogen-bond acceptors (Lipinski definition) is 2. The molecule has 24 heavy (non-hydrogen) atoms. The molecule has 3 amide bonds. The summed E-state index contributed by atoms with van der Waals surface area (Å²) in [6.07, 6.45) is 6.53. The summed E-state index contributed by atoms with van der Waals surface area (Å²) in [4.78, 5) is 28.9. The van der Waals surface area contributed by atoms with Crippen LogP contribution in [-0.2, 0) is 4.79 Å². The number of carbonyl (C=O) groups is 2. The maximum Gasteiger partial charge on any atom is 0.321 e. The minimum Gasteiger partial charge on any atom is -0.341 e. The van der Waals surface area contributed by atoms with Crippen LogP contribution in [0, 0.1) is 5.92 Å². The van der Waals surface area contributed by atoms with E-state index in [0.717, 1.165) is 31.5 Å². The van der Waals surface area contributed by atoms with E-state index in [0.29, 0.717) is 25.5 Å². The fourth-order valence-corrected chi connectivity index (χ4v) is 3.67. The van der Waals surface area contributed by atoms with Crippen LogP contribution in [0.15, 0.2) is 30.3 Å². The number of rotatable bonds is 2. The van der Waals surface area contributed by atoms with E-state index in [4.69, 9.17) is 0 Å². The Kier molecular flexibility index (Phi) is 5.72. The molecule has 0 spiro atoms. The fraction of sp³-hybridized carbons (Fsp3) is 0.579. The van der Waals surface area contributed by atoms with E-state index in [1.54, 1.807) is 0 Å². The number of nitrogens with one attached hydrogen (secondary N) is 1. The lowest BCUT2D eigenvalue weighted by Gasteiger charge is -2.28. The molecule has 0 radical (unpaired) electrons. The van der Waals surface area contributed by atoms with Crippen molar-refractivity contribution in [1.29, 1.82) is 0 Å². The zero-order valence-electron chi connectivity index (χ0n) is 14.2. The van der Waals surface area contributed by atoms with E-state index >= 15 is 0 Å². The van der Waals surface area contributed by atoms with Gasteiger partial charge in [-0.05, 0) is 31.4 Å². The van der Waals surface area contributed by atoms with E-state index in [1.165, 1.54) is 19.3 Å². The Hall–Kier alpha value is -2.04. The van der Waals surface area contributed by atoms with Crippen molar-refractivity contribution < 1.29 is 9.59 Å². The minimum atomic E-state index is -0.0758. The molecular weight excluding hydrogens is 302 g/mol. The topological polar surface area (TPSA) is 52.7 Å². The molecule has 3 rings (SSSR count). The van der Waals surface area contributed by atoms with Crippen LogP contribution >= 0.6 is 0 Å². The van der Waals surface area contributed by atoms with Gasteiger partial charge in [-0.3, -0.25) is 4.79 Å². The fourth-order valence-electron chi connectivity index (χ4n) is 3.67. The second-order valence-corrected chi connectivity index (χ2v) is 6.80. The molecule has 1 aliphatic carbocycles. The average molecular weight is 329 g/mol. The monoisotopic (exact) mass is 329 g/mol. The maximum atomic E-state index is 12.7. The zero-order valence-corrected chi connectivity index (χ0v) is 14.2. The van der Waals surface area contributed by atoms with Gasteiger partial charge in [-0.2, -0.15) is 0 Å². The number of urea groups is 1. The van der Waals surface area contributed by atoms with Crippen molar-refractivity contribution in [3.05, 3.63) is 30.3 Å². The van der Waals surface area contributed by atoms with Gasteiger partial charge in [0, 0.05) is 37.8 Å². The Labute approximate surface area is 144 Å². The van der Waals surface area contributed by atoms with Crippen molar-refractivity contribution >= 4 is 17.6 Å². The highest BCUT2D eigenvalue weighted by atomic mass is 16.2. The molecule has 0 atom stereocenters. The van der Waals surface area contributed by atoms with Crippen LogP contribution in [0.1, 0.15) is 38.5 Å². The summed E-state index contributed by atoms with van der Waals surface area (Å²) < 4.78 is 0. The number of benzene rings is 1. The maximum absolute atomic E-state index is 12.7. The first-order valence-corrected chi connectivity index (χ1v) is 9.14. The van der Waals surface area contributed by atoms with E-state index in [9.17, 15) is 9.59 Å². The van der Waals surface area contributed by atoms with Crippen LogP contribution in [0.3, 0.4) is 0 Å². The summed E-state index contributed by atoms with van der Waals surface area (Å²) in [6, 6.07) is 9.43. The molecule has 0 bridgehead atoms. The standard InChI is InChI=1S/C19H27N3O2/c23-18(16-8-3-1-4-9-16)21-12-7-13-22(15-14-21)19(24)20-17-10-5-2-6-11-17/h2,5-6,10-11,16H,1,3-4,7-9,12-15H2,(H,20,24). The van der Waals surface area contributed by atoms with Crippen LogP contribution in [0.25, 0.3) is 0 Å². The van der Waals surface area contributed by atoms with Gasteiger partial charge in [-0.25, -0.2) is 4.79 Å². The second kappa shape index (κ2) is 8.18. The largest absolute Gasteiger partial charge is 0.341 e.